The Hall–Kier alpha value is -0.650. The molecule has 5 heteroatoms. The molecule has 5 nitrogen and oxygen atoms in total. The molecular weight excluding hydrogens is 198 g/mol. The van der Waals surface area contributed by atoms with Gasteiger partial charge in [-0.3, -0.25) is 4.79 Å². The summed E-state index contributed by atoms with van der Waals surface area (Å²) in [4.78, 5) is 13.7. The highest BCUT2D eigenvalue weighted by atomic mass is 16.5. The molecule has 1 amide bonds. The lowest BCUT2D eigenvalue weighted by molar-refractivity contribution is -0.149. The Morgan fingerprint density at radius 2 is 2.27 bits per heavy atom. The van der Waals surface area contributed by atoms with Crippen LogP contribution in [0.4, 0.5) is 0 Å². The van der Waals surface area contributed by atoms with Crippen molar-refractivity contribution in [3.8, 4) is 0 Å². The van der Waals surface area contributed by atoms with Gasteiger partial charge in [0.15, 0.2) is 0 Å². The van der Waals surface area contributed by atoms with Crippen LogP contribution in [0, 0.1) is 0 Å². The molecular formula is C10H17NO4. The fraction of sp³-hybridized carbons (Fsp3) is 0.900. The molecule has 0 aliphatic carbocycles. The van der Waals surface area contributed by atoms with Crippen LogP contribution in [0.1, 0.15) is 12.8 Å². The van der Waals surface area contributed by atoms with E-state index in [9.17, 15) is 4.79 Å². The predicted molar refractivity (Wildman–Crippen MR) is 52.4 cm³/mol. The third kappa shape index (κ3) is 2.48. The van der Waals surface area contributed by atoms with E-state index in [4.69, 9.17) is 14.6 Å². The minimum Gasteiger partial charge on any atom is -0.394 e. The van der Waals surface area contributed by atoms with Gasteiger partial charge in [-0.15, -0.1) is 0 Å². The predicted octanol–water partition coefficient (Wildman–Crippen LogP) is -0.615. The lowest BCUT2D eigenvalue weighted by Crippen LogP contribution is -2.50. The first-order chi connectivity index (χ1) is 7.31. The van der Waals surface area contributed by atoms with Crippen LogP contribution in [0.15, 0.2) is 0 Å². The zero-order valence-corrected chi connectivity index (χ0v) is 8.72. The lowest BCUT2D eigenvalue weighted by Gasteiger charge is -2.33. The maximum Gasteiger partial charge on any atom is 0.251 e. The second-order valence-corrected chi connectivity index (χ2v) is 3.96. The summed E-state index contributed by atoms with van der Waals surface area (Å²) in [6.07, 6.45) is 1.29. The number of aliphatic hydroxyl groups excluding tert-OH is 1. The first-order valence-corrected chi connectivity index (χ1v) is 5.44. The second kappa shape index (κ2) is 4.92. The maximum atomic E-state index is 11.9. The zero-order valence-electron chi connectivity index (χ0n) is 8.72. The van der Waals surface area contributed by atoms with E-state index in [-0.39, 0.29) is 24.7 Å². The molecule has 0 radical (unpaired) electrons. The van der Waals surface area contributed by atoms with Gasteiger partial charge in [0.2, 0.25) is 0 Å². The SMILES string of the molecule is O=C(C1CCCO1)N1CCOC(CO)C1. The largest absolute Gasteiger partial charge is 0.394 e. The fourth-order valence-electron chi connectivity index (χ4n) is 2.01. The molecule has 2 fully saturated rings. The molecule has 0 saturated carbocycles. The van der Waals surface area contributed by atoms with E-state index in [1.165, 1.54) is 0 Å². The quantitative estimate of drug-likeness (QED) is 0.667. The second-order valence-electron chi connectivity index (χ2n) is 3.96. The van der Waals surface area contributed by atoms with Gasteiger partial charge >= 0.3 is 0 Å². The van der Waals surface area contributed by atoms with Crippen LogP contribution in [-0.2, 0) is 14.3 Å². The molecule has 15 heavy (non-hydrogen) atoms. The molecule has 86 valence electrons. The van der Waals surface area contributed by atoms with Gasteiger partial charge in [0.1, 0.15) is 6.10 Å². The van der Waals surface area contributed by atoms with Crippen molar-refractivity contribution in [2.24, 2.45) is 0 Å². The van der Waals surface area contributed by atoms with E-state index in [0.29, 0.717) is 26.3 Å². The molecule has 2 rings (SSSR count). The number of hydrogen-bond donors (Lipinski definition) is 1. The van der Waals surface area contributed by atoms with Crippen molar-refractivity contribution >= 4 is 5.91 Å². The number of aliphatic hydroxyl groups is 1. The van der Waals surface area contributed by atoms with Crippen molar-refractivity contribution in [2.45, 2.75) is 25.0 Å². The average Bonchev–Trinajstić information content (AvgIpc) is 2.81. The van der Waals surface area contributed by atoms with E-state index in [1.54, 1.807) is 4.90 Å². The highest BCUT2D eigenvalue weighted by Gasteiger charge is 2.31. The van der Waals surface area contributed by atoms with Crippen molar-refractivity contribution in [2.75, 3.05) is 32.9 Å². The van der Waals surface area contributed by atoms with Crippen LogP contribution < -0.4 is 0 Å². The maximum absolute atomic E-state index is 11.9. The lowest BCUT2D eigenvalue weighted by atomic mass is 10.2. The minimum absolute atomic E-state index is 0.0324. The monoisotopic (exact) mass is 215 g/mol. The number of amides is 1. The van der Waals surface area contributed by atoms with Gasteiger partial charge in [0.05, 0.1) is 19.3 Å². The first kappa shape index (κ1) is 10.9. The Kier molecular flexibility index (Phi) is 3.56. The van der Waals surface area contributed by atoms with Crippen LogP contribution in [0.2, 0.25) is 0 Å². The summed E-state index contributed by atoms with van der Waals surface area (Å²) in [6, 6.07) is 0. The van der Waals surface area contributed by atoms with E-state index in [2.05, 4.69) is 0 Å². The first-order valence-electron chi connectivity index (χ1n) is 5.44. The van der Waals surface area contributed by atoms with Crippen molar-refractivity contribution in [1.82, 2.24) is 4.90 Å². The molecule has 1 N–H and O–H groups in total. The molecule has 2 saturated heterocycles. The van der Waals surface area contributed by atoms with Crippen LogP contribution in [0.5, 0.6) is 0 Å². The molecule has 2 heterocycles. The Balaban J connectivity index is 1.88. The topological polar surface area (TPSA) is 59.0 Å². The molecule has 0 aromatic rings. The Labute approximate surface area is 89.0 Å². The average molecular weight is 215 g/mol. The summed E-state index contributed by atoms with van der Waals surface area (Å²) in [7, 11) is 0. The van der Waals surface area contributed by atoms with Crippen LogP contribution >= 0.6 is 0 Å². The normalized spacial score (nSPS) is 31.9. The number of hydrogen-bond acceptors (Lipinski definition) is 4. The summed E-state index contributed by atoms with van der Waals surface area (Å²) >= 11 is 0. The standard InChI is InChI=1S/C10H17NO4/c12-7-8-6-11(3-5-14-8)10(13)9-2-1-4-15-9/h8-9,12H,1-7H2. The van der Waals surface area contributed by atoms with E-state index in [1.807, 2.05) is 0 Å². The molecule has 0 aromatic carbocycles. The molecule has 0 bridgehead atoms. The van der Waals surface area contributed by atoms with Gasteiger partial charge in [-0.1, -0.05) is 0 Å². The van der Waals surface area contributed by atoms with E-state index < -0.39 is 0 Å². The fourth-order valence-corrected chi connectivity index (χ4v) is 2.01. The highest BCUT2D eigenvalue weighted by Crippen LogP contribution is 2.16. The van der Waals surface area contributed by atoms with Gasteiger partial charge in [-0.05, 0) is 12.8 Å². The van der Waals surface area contributed by atoms with E-state index >= 15 is 0 Å². The Morgan fingerprint density at radius 3 is 2.93 bits per heavy atom. The smallest absolute Gasteiger partial charge is 0.251 e. The highest BCUT2D eigenvalue weighted by molar-refractivity contribution is 5.81. The number of nitrogens with zero attached hydrogens (tertiary/aromatic N) is 1. The Bertz CT molecular complexity index is 227. The Morgan fingerprint density at radius 1 is 1.40 bits per heavy atom. The summed E-state index contributed by atoms with van der Waals surface area (Å²) in [6.45, 7) is 2.24. The number of morpholine rings is 1. The summed E-state index contributed by atoms with van der Waals surface area (Å²) in [5, 5.41) is 8.96. The third-order valence-corrected chi connectivity index (χ3v) is 2.86. The molecule has 0 spiro atoms. The van der Waals surface area contributed by atoms with Crippen molar-refractivity contribution < 1.29 is 19.4 Å². The number of rotatable bonds is 2. The zero-order chi connectivity index (χ0) is 10.7. The number of carbonyl (C=O) groups is 1. The van der Waals surface area contributed by atoms with Crippen molar-refractivity contribution in [1.29, 1.82) is 0 Å². The molecule has 2 unspecified atom stereocenters. The minimum atomic E-state index is -0.262. The van der Waals surface area contributed by atoms with Crippen LogP contribution in [0.25, 0.3) is 0 Å². The van der Waals surface area contributed by atoms with Gasteiger partial charge in [-0.25, -0.2) is 0 Å². The number of carbonyl (C=O) groups excluding carboxylic acids is 1. The molecule has 2 atom stereocenters. The van der Waals surface area contributed by atoms with Crippen LogP contribution in [0.3, 0.4) is 0 Å². The van der Waals surface area contributed by atoms with Gasteiger partial charge < -0.3 is 19.5 Å². The summed E-state index contributed by atoms with van der Waals surface area (Å²) in [5.74, 6) is 0.0502. The number of ether oxygens (including phenoxy) is 2. The van der Waals surface area contributed by atoms with Gasteiger partial charge in [0, 0.05) is 19.7 Å². The summed E-state index contributed by atoms with van der Waals surface area (Å²) in [5.41, 5.74) is 0. The van der Waals surface area contributed by atoms with Gasteiger partial charge in [-0.2, -0.15) is 0 Å². The van der Waals surface area contributed by atoms with Crippen molar-refractivity contribution in [3.63, 3.8) is 0 Å². The molecule has 0 aromatic heterocycles. The van der Waals surface area contributed by atoms with Crippen LogP contribution in [-0.4, -0.2) is 61.0 Å². The van der Waals surface area contributed by atoms with E-state index in [0.717, 1.165) is 12.8 Å². The molecule has 2 aliphatic rings. The molecule has 2 aliphatic heterocycles. The third-order valence-electron chi connectivity index (χ3n) is 2.86. The summed E-state index contributed by atoms with van der Waals surface area (Å²) < 4.78 is 10.6. The van der Waals surface area contributed by atoms with Crippen molar-refractivity contribution in [3.05, 3.63) is 0 Å². The van der Waals surface area contributed by atoms with Gasteiger partial charge in [0.25, 0.3) is 5.91 Å².